The predicted octanol–water partition coefficient (Wildman–Crippen LogP) is 4.02. The molecule has 2 fully saturated rings. The predicted molar refractivity (Wildman–Crippen MR) is 106 cm³/mol. The van der Waals surface area contributed by atoms with Gasteiger partial charge >= 0.3 is 5.97 Å². The topological polar surface area (TPSA) is 61.8 Å². The lowest BCUT2D eigenvalue weighted by atomic mass is 9.78. The molecule has 2 bridgehead atoms. The van der Waals surface area contributed by atoms with Gasteiger partial charge in [-0.1, -0.05) is 47.6 Å². The van der Waals surface area contributed by atoms with Crippen LogP contribution in [-0.4, -0.2) is 45.5 Å². The molecule has 5 nitrogen and oxygen atoms in total. The lowest BCUT2D eigenvalue weighted by Crippen LogP contribution is -2.54. The zero-order valence-electron chi connectivity index (χ0n) is 17.7. The van der Waals surface area contributed by atoms with Crippen molar-refractivity contribution in [1.29, 1.82) is 0 Å². The number of hydrogen-bond donors (Lipinski definition) is 0. The Bertz CT molecular complexity index is 617. The molecule has 6 heteroatoms. The van der Waals surface area contributed by atoms with Crippen LogP contribution in [0.4, 0.5) is 0 Å². The molecule has 2 heterocycles. The smallest absolute Gasteiger partial charge is 0.311 e. The van der Waals surface area contributed by atoms with E-state index < -0.39 is 14.2 Å². The largest absolute Gasteiger partial charge is 0.469 e. The first kappa shape index (κ1) is 20.7. The Kier molecular flexibility index (Phi) is 5.72. The summed E-state index contributed by atoms with van der Waals surface area (Å²) in [5, 5.41) is 0. The van der Waals surface area contributed by atoms with Crippen LogP contribution < -0.4 is 0 Å². The molecule has 0 radical (unpaired) electrons. The maximum absolute atomic E-state index is 12.6. The molecule has 0 aromatic rings. The van der Waals surface area contributed by atoms with Crippen molar-refractivity contribution in [1.82, 2.24) is 0 Å². The van der Waals surface area contributed by atoms with Crippen molar-refractivity contribution in [3.63, 3.8) is 0 Å². The first-order chi connectivity index (χ1) is 12.6. The number of esters is 1. The normalized spacial score (nSPS) is 33.0. The summed E-state index contributed by atoms with van der Waals surface area (Å²) in [6, 6.07) is 0. The van der Waals surface area contributed by atoms with E-state index in [9.17, 15) is 9.59 Å². The quantitative estimate of drug-likeness (QED) is 0.503. The van der Waals surface area contributed by atoms with E-state index in [1.807, 2.05) is 6.08 Å². The molecule has 3 rings (SSSR count). The molecule has 3 aliphatic rings. The average molecular weight is 395 g/mol. The standard InChI is InChI=1S/C21H34O5Si/c1-11(2)27(12(3)4,13(5)6)26-16-9-8-14-15(22)10-17-19(21(23)24-7)18(16)20(14)25-17/h8,11-13,16-20H,9-10H2,1-7H3/t16?,17?,18-,19?,20?/m0/s1. The summed E-state index contributed by atoms with van der Waals surface area (Å²) in [5.41, 5.74) is 2.13. The van der Waals surface area contributed by atoms with Gasteiger partial charge in [0, 0.05) is 17.9 Å². The third-order valence-electron chi connectivity index (χ3n) is 7.04. The summed E-state index contributed by atoms with van der Waals surface area (Å²) in [6.45, 7) is 13.6. The summed E-state index contributed by atoms with van der Waals surface area (Å²) in [6.07, 6.45) is 2.15. The Hall–Kier alpha value is -0.983. The molecule has 5 atom stereocenters. The van der Waals surface area contributed by atoms with Crippen molar-refractivity contribution < 1.29 is 23.5 Å². The van der Waals surface area contributed by atoms with Gasteiger partial charge in [0.05, 0.1) is 31.3 Å². The van der Waals surface area contributed by atoms with Gasteiger partial charge in [-0.2, -0.15) is 0 Å². The first-order valence-corrected chi connectivity index (χ1v) is 12.4. The van der Waals surface area contributed by atoms with Crippen molar-refractivity contribution in [2.45, 2.75) is 89.3 Å². The van der Waals surface area contributed by atoms with Crippen molar-refractivity contribution in [2.24, 2.45) is 11.8 Å². The molecule has 2 aliphatic heterocycles. The van der Waals surface area contributed by atoms with Crippen molar-refractivity contribution in [2.75, 3.05) is 7.11 Å². The summed E-state index contributed by atoms with van der Waals surface area (Å²) < 4.78 is 18.3. The van der Waals surface area contributed by atoms with E-state index in [0.717, 1.165) is 5.57 Å². The van der Waals surface area contributed by atoms with E-state index in [1.165, 1.54) is 7.11 Å². The molecule has 152 valence electrons. The fourth-order valence-electron chi connectivity index (χ4n) is 6.01. The minimum Gasteiger partial charge on any atom is -0.469 e. The Morgan fingerprint density at radius 3 is 2.26 bits per heavy atom. The highest BCUT2D eigenvalue weighted by Gasteiger charge is 2.60. The second-order valence-corrected chi connectivity index (χ2v) is 14.6. The summed E-state index contributed by atoms with van der Waals surface area (Å²) in [5.74, 6) is -0.704. The second kappa shape index (κ2) is 7.45. The fraction of sp³-hybridized carbons (Fsp3) is 0.810. The van der Waals surface area contributed by atoms with E-state index in [0.29, 0.717) is 23.0 Å². The minimum atomic E-state index is -2.11. The van der Waals surface area contributed by atoms with Gasteiger partial charge in [-0.05, 0) is 23.0 Å². The lowest BCUT2D eigenvalue weighted by Gasteiger charge is -2.47. The molecule has 0 aromatic heterocycles. The van der Waals surface area contributed by atoms with Crippen LogP contribution in [0.5, 0.6) is 0 Å². The molecule has 4 unspecified atom stereocenters. The fourth-order valence-corrected chi connectivity index (χ4v) is 11.6. The van der Waals surface area contributed by atoms with E-state index in [4.69, 9.17) is 13.9 Å². The van der Waals surface area contributed by atoms with Gasteiger partial charge in [-0.3, -0.25) is 9.59 Å². The molecular weight excluding hydrogens is 360 g/mol. The number of rotatable bonds is 6. The highest BCUT2D eigenvalue weighted by molar-refractivity contribution is 6.77. The number of ether oxygens (including phenoxy) is 2. The van der Waals surface area contributed by atoms with Crippen LogP contribution in [0.25, 0.3) is 0 Å². The van der Waals surface area contributed by atoms with Gasteiger partial charge in [0.2, 0.25) is 8.32 Å². The van der Waals surface area contributed by atoms with Gasteiger partial charge in [0.25, 0.3) is 0 Å². The molecular formula is C21H34O5Si. The highest BCUT2D eigenvalue weighted by Crippen LogP contribution is 2.51. The summed E-state index contributed by atoms with van der Waals surface area (Å²) >= 11 is 0. The summed E-state index contributed by atoms with van der Waals surface area (Å²) in [7, 11) is -0.698. The van der Waals surface area contributed by atoms with E-state index in [1.54, 1.807) is 0 Å². The summed E-state index contributed by atoms with van der Waals surface area (Å²) in [4.78, 5) is 25.1. The molecule has 0 N–H and O–H groups in total. The van der Waals surface area contributed by atoms with E-state index >= 15 is 0 Å². The van der Waals surface area contributed by atoms with Crippen LogP contribution >= 0.6 is 0 Å². The van der Waals surface area contributed by atoms with E-state index in [2.05, 4.69) is 41.5 Å². The Labute approximate surface area is 163 Å². The van der Waals surface area contributed by atoms with Crippen LogP contribution in [0, 0.1) is 11.8 Å². The number of fused-ring (bicyclic) bond motifs is 1. The lowest BCUT2D eigenvalue weighted by molar-refractivity contribution is -0.149. The molecule has 0 amide bonds. The highest BCUT2D eigenvalue weighted by atomic mass is 28.4. The monoisotopic (exact) mass is 394 g/mol. The first-order valence-electron chi connectivity index (χ1n) is 10.3. The van der Waals surface area contributed by atoms with Crippen molar-refractivity contribution in [3.05, 3.63) is 11.6 Å². The molecule has 0 spiro atoms. The minimum absolute atomic E-state index is 0.0994. The number of carbonyl (C=O) groups is 2. The van der Waals surface area contributed by atoms with Gasteiger partial charge in [-0.15, -0.1) is 0 Å². The van der Waals surface area contributed by atoms with Crippen LogP contribution in [0.2, 0.25) is 16.6 Å². The zero-order valence-corrected chi connectivity index (χ0v) is 18.7. The maximum atomic E-state index is 12.6. The molecule has 27 heavy (non-hydrogen) atoms. The second-order valence-electron chi connectivity index (χ2n) is 9.22. The third-order valence-corrected chi connectivity index (χ3v) is 13.2. The Balaban J connectivity index is 2.00. The average Bonchev–Trinajstić information content (AvgIpc) is 2.93. The number of ketones is 1. The van der Waals surface area contributed by atoms with Crippen molar-refractivity contribution in [3.8, 4) is 0 Å². The number of carbonyl (C=O) groups excluding carboxylic acids is 2. The van der Waals surface area contributed by atoms with Crippen LogP contribution in [0.1, 0.15) is 54.4 Å². The van der Waals surface area contributed by atoms with Gasteiger partial charge in [-0.25, -0.2) is 0 Å². The van der Waals surface area contributed by atoms with Gasteiger partial charge in [0.1, 0.15) is 0 Å². The van der Waals surface area contributed by atoms with Crippen LogP contribution in [-0.2, 0) is 23.5 Å². The van der Waals surface area contributed by atoms with Crippen LogP contribution in [0.15, 0.2) is 11.6 Å². The SMILES string of the molecule is COC(=O)C1C2CC(=O)C3=CCC(O[Si](C(C)C)(C(C)C)C(C)C)[C@@H]1C3O2. The Morgan fingerprint density at radius 2 is 1.74 bits per heavy atom. The molecule has 0 aromatic carbocycles. The van der Waals surface area contributed by atoms with Crippen molar-refractivity contribution >= 4 is 20.1 Å². The zero-order chi connectivity index (χ0) is 20.1. The van der Waals surface area contributed by atoms with E-state index in [-0.39, 0.29) is 42.4 Å². The molecule has 1 aliphatic carbocycles. The number of methoxy groups -OCH3 is 1. The number of Topliss-reactive ketones (excluding diaryl/α,β-unsaturated/α-hetero) is 1. The van der Waals surface area contributed by atoms with Gasteiger partial charge in [0.15, 0.2) is 5.78 Å². The molecule has 0 saturated carbocycles. The van der Waals surface area contributed by atoms with Crippen LogP contribution in [0.3, 0.4) is 0 Å². The van der Waals surface area contributed by atoms with Gasteiger partial charge < -0.3 is 13.9 Å². The Morgan fingerprint density at radius 1 is 1.15 bits per heavy atom. The molecule has 2 saturated heterocycles. The number of hydrogen-bond acceptors (Lipinski definition) is 5. The maximum Gasteiger partial charge on any atom is 0.311 e. The third kappa shape index (κ3) is 3.14.